The number of anilines is 1. The number of carbonyl (C=O) groups is 1. The van der Waals surface area contributed by atoms with E-state index in [1.807, 2.05) is 29.2 Å². The van der Waals surface area contributed by atoms with Gasteiger partial charge in [0.05, 0.1) is 44.0 Å². The first-order valence-electron chi connectivity index (χ1n) is 9.64. The molecule has 0 radical (unpaired) electrons. The standard InChI is InChI=1S/C21H23N5O4/c1-14-8-20(25-30-14)24-21(27)13-26-6-7-29-19(12-26)18-11-22-10-17(23-18)15-4-3-5-16(9-15)28-2/h3-5,8-11,19H,6-7,12-13H2,1-2H3,(H,24,25,27)/t19-/m1/s1. The Morgan fingerprint density at radius 2 is 2.23 bits per heavy atom. The Labute approximate surface area is 174 Å². The van der Waals surface area contributed by atoms with Crippen molar-refractivity contribution in [3.8, 4) is 17.0 Å². The van der Waals surface area contributed by atoms with Crippen LogP contribution in [-0.2, 0) is 9.53 Å². The van der Waals surface area contributed by atoms with Crippen LogP contribution in [0.5, 0.6) is 5.75 Å². The number of carbonyl (C=O) groups excluding carboxylic acids is 1. The summed E-state index contributed by atoms with van der Waals surface area (Å²) in [6.07, 6.45) is 3.15. The second-order valence-corrected chi connectivity index (χ2v) is 7.03. The van der Waals surface area contributed by atoms with Gasteiger partial charge in [-0.05, 0) is 19.1 Å². The van der Waals surface area contributed by atoms with Crippen molar-refractivity contribution < 1.29 is 18.8 Å². The highest BCUT2D eigenvalue weighted by Gasteiger charge is 2.25. The van der Waals surface area contributed by atoms with Crippen molar-refractivity contribution in [2.24, 2.45) is 0 Å². The summed E-state index contributed by atoms with van der Waals surface area (Å²) >= 11 is 0. The van der Waals surface area contributed by atoms with Gasteiger partial charge in [0.1, 0.15) is 17.6 Å². The maximum Gasteiger partial charge on any atom is 0.239 e. The number of amides is 1. The van der Waals surface area contributed by atoms with Crippen LogP contribution in [0, 0.1) is 6.92 Å². The molecule has 156 valence electrons. The van der Waals surface area contributed by atoms with E-state index < -0.39 is 0 Å². The van der Waals surface area contributed by atoms with Gasteiger partial charge in [-0.2, -0.15) is 0 Å². The summed E-state index contributed by atoms with van der Waals surface area (Å²) in [4.78, 5) is 23.4. The van der Waals surface area contributed by atoms with Crippen LogP contribution in [0.15, 0.2) is 47.2 Å². The van der Waals surface area contributed by atoms with Crippen molar-refractivity contribution >= 4 is 11.7 Å². The predicted molar refractivity (Wildman–Crippen MR) is 109 cm³/mol. The van der Waals surface area contributed by atoms with E-state index in [0.29, 0.717) is 31.3 Å². The summed E-state index contributed by atoms with van der Waals surface area (Å²) < 4.78 is 16.2. The summed E-state index contributed by atoms with van der Waals surface area (Å²) in [5.41, 5.74) is 2.39. The summed E-state index contributed by atoms with van der Waals surface area (Å²) in [6.45, 7) is 3.71. The number of methoxy groups -OCH3 is 1. The quantitative estimate of drug-likeness (QED) is 0.662. The Bertz CT molecular complexity index is 1020. The lowest BCUT2D eigenvalue weighted by Crippen LogP contribution is -2.42. The highest BCUT2D eigenvalue weighted by atomic mass is 16.5. The maximum absolute atomic E-state index is 12.3. The zero-order chi connectivity index (χ0) is 20.9. The third-order valence-corrected chi connectivity index (χ3v) is 4.76. The minimum Gasteiger partial charge on any atom is -0.497 e. The van der Waals surface area contributed by atoms with Gasteiger partial charge in [0.25, 0.3) is 0 Å². The first-order valence-corrected chi connectivity index (χ1v) is 9.64. The minimum atomic E-state index is -0.265. The van der Waals surface area contributed by atoms with Crippen molar-refractivity contribution in [3.63, 3.8) is 0 Å². The summed E-state index contributed by atoms with van der Waals surface area (Å²) in [5.74, 6) is 1.67. The van der Waals surface area contributed by atoms with Crippen LogP contribution in [0.1, 0.15) is 17.6 Å². The number of nitrogens with one attached hydrogen (secondary N) is 1. The van der Waals surface area contributed by atoms with Crippen molar-refractivity contribution in [1.82, 2.24) is 20.0 Å². The molecule has 30 heavy (non-hydrogen) atoms. The molecule has 1 fully saturated rings. The van der Waals surface area contributed by atoms with E-state index in [0.717, 1.165) is 22.7 Å². The summed E-state index contributed by atoms with van der Waals surface area (Å²) in [6, 6.07) is 9.35. The fraction of sp³-hybridized carbons (Fsp3) is 0.333. The molecular formula is C21H23N5O4. The Morgan fingerprint density at radius 3 is 3.03 bits per heavy atom. The monoisotopic (exact) mass is 409 g/mol. The van der Waals surface area contributed by atoms with E-state index in [1.165, 1.54) is 0 Å². The van der Waals surface area contributed by atoms with E-state index in [2.05, 4.69) is 15.5 Å². The van der Waals surface area contributed by atoms with Crippen molar-refractivity contribution in [2.75, 3.05) is 38.7 Å². The number of benzene rings is 1. The number of rotatable bonds is 6. The largest absolute Gasteiger partial charge is 0.497 e. The molecule has 4 rings (SSSR count). The van der Waals surface area contributed by atoms with Crippen molar-refractivity contribution in [3.05, 3.63) is 54.2 Å². The second kappa shape index (κ2) is 9.02. The third-order valence-electron chi connectivity index (χ3n) is 4.76. The van der Waals surface area contributed by atoms with Gasteiger partial charge in [-0.3, -0.25) is 14.7 Å². The molecule has 1 saturated heterocycles. The SMILES string of the molecule is COc1cccc(-c2cncc([C@H]3CN(CC(=O)Nc4cc(C)on4)CCO3)n2)c1. The molecule has 1 amide bonds. The van der Waals surface area contributed by atoms with Crippen LogP contribution in [0.25, 0.3) is 11.3 Å². The van der Waals surface area contributed by atoms with E-state index in [-0.39, 0.29) is 18.6 Å². The van der Waals surface area contributed by atoms with Crippen LogP contribution in [0.4, 0.5) is 5.82 Å². The van der Waals surface area contributed by atoms with E-state index >= 15 is 0 Å². The van der Waals surface area contributed by atoms with Crippen LogP contribution in [-0.4, -0.2) is 59.3 Å². The topological polar surface area (TPSA) is 103 Å². The highest BCUT2D eigenvalue weighted by molar-refractivity contribution is 5.91. The van der Waals surface area contributed by atoms with Crippen LogP contribution < -0.4 is 10.1 Å². The Kier molecular flexibility index (Phi) is 6.01. The Hall–Kier alpha value is -3.30. The van der Waals surface area contributed by atoms with Gasteiger partial charge in [-0.1, -0.05) is 17.3 Å². The van der Waals surface area contributed by atoms with Crippen LogP contribution >= 0.6 is 0 Å². The van der Waals surface area contributed by atoms with Crippen molar-refractivity contribution in [1.29, 1.82) is 0 Å². The molecule has 2 aromatic heterocycles. The van der Waals surface area contributed by atoms with Crippen LogP contribution in [0.2, 0.25) is 0 Å². The number of nitrogens with zero attached hydrogens (tertiary/aromatic N) is 4. The number of hydrogen-bond acceptors (Lipinski definition) is 8. The Balaban J connectivity index is 1.42. The molecule has 0 saturated carbocycles. The molecule has 1 N–H and O–H groups in total. The average molecular weight is 409 g/mol. The van der Waals surface area contributed by atoms with Crippen LogP contribution in [0.3, 0.4) is 0 Å². The lowest BCUT2D eigenvalue weighted by molar-refractivity contribution is -0.119. The van der Waals surface area contributed by atoms with Gasteiger partial charge in [-0.25, -0.2) is 4.98 Å². The number of aryl methyl sites for hydroxylation is 1. The average Bonchev–Trinajstić information content (AvgIpc) is 3.18. The molecule has 0 unspecified atom stereocenters. The first-order chi connectivity index (χ1) is 14.6. The predicted octanol–water partition coefficient (Wildman–Crippen LogP) is 2.46. The third kappa shape index (κ3) is 4.81. The van der Waals surface area contributed by atoms with Crippen molar-refractivity contribution in [2.45, 2.75) is 13.0 Å². The molecule has 0 aliphatic carbocycles. The second-order valence-electron chi connectivity index (χ2n) is 7.03. The van der Waals surface area contributed by atoms with Gasteiger partial charge < -0.3 is 19.3 Å². The van der Waals surface area contributed by atoms with Gasteiger partial charge in [-0.15, -0.1) is 0 Å². The number of aromatic nitrogens is 3. The molecule has 9 nitrogen and oxygen atoms in total. The number of hydrogen-bond donors (Lipinski definition) is 1. The minimum absolute atomic E-state index is 0.153. The lowest BCUT2D eigenvalue weighted by atomic mass is 10.1. The molecule has 0 spiro atoms. The van der Waals surface area contributed by atoms with Gasteiger partial charge in [0.15, 0.2) is 5.82 Å². The molecule has 1 aliphatic rings. The normalized spacial score (nSPS) is 16.9. The molecule has 1 atom stereocenters. The fourth-order valence-corrected chi connectivity index (χ4v) is 3.29. The molecule has 9 heteroatoms. The molecular weight excluding hydrogens is 386 g/mol. The van der Waals surface area contributed by atoms with Gasteiger partial charge in [0.2, 0.25) is 5.91 Å². The van der Waals surface area contributed by atoms with Gasteiger partial charge in [0, 0.05) is 24.7 Å². The van der Waals surface area contributed by atoms with E-state index in [1.54, 1.807) is 32.5 Å². The fourth-order valence-electron chi connectivity index (χ4n) is 3.29. The number of ether oxygens (including phenoxy) is 2. The molecule has 1 aliphatic heterocycles. The maximum atomic E-state index is 12.3. The first kappa shape index (κ1) is 20.0. The molecule has 3 aromatic rings. The molecule has 1 aromatic carbocycles. The summed E-state index contributed by atoms with van der Waals surface area (Å²) in [5, 5.41) is 6.52. The molecule has 0 bridgehead atoms. The number of morpholine rings is 1. The lowest BCUT2D eigenvalue weighted by Gasteiger charge is -2.32. The zero-order valence-corrected chi connectivity index (χ0v) is 16.9. The molecule has 3 heterocycles. The van der Waals surface area contributed by atoms with Gasteiger partial charge >= 0.3 is 0 Å². The van der Waals surface area contributed by atoms with E-state index in [4.69, 9.17) is 19.0 Å². The zero-order valence-electron chi connectivity index (χ0n) is 16.9. The smallest absolute Gasteiger partial charge is 0.239 e. The highest BCUT2D eigenvalue weighted by Crippen LogP contribution is 2.25. The van der Waals surface area contributed by atoms with E-state index in [9.17, 15) is 4.79 Å². The summed E-state index contributed by atoms with van der Waals surface area (Å²) in [7, 11) is 1.63. The Morgan fingerprint density at radius 1 is 1.33 bits per heavy atom.